The molecule has 1 fully saturated rings. The molecule has 5 heteroatoms. The Kier molecular flexibility index (Phi) is 7.45. The molecule has 0 radical (unpaired) electrons. The van der Waals surface area contributed by atoms with Crippen molar-refractivity contribution < 1.29 is 19.1 Å². The van der Waals surface area contributed by atoms with Crippen molar-refractivity contribution in [1.29, 1.82) is 0 Å². The predicted octanol–water partition coefficient (Wildman–Crippen LogP) is 6.10. The van der Waals surface area contributed by atoms with Gasteiger partial charge in [-0.15, -0.1) is 0 Å². The summed E-state index contributed by atoms with van der Waals surface area (Å²) >= 11 is 0. The van der Waals surface area contributed by atoms with E-state index >= 15 is 0 Å². The third-order valence-electron chi connectivity index (χ3n) is 7.05. The molecule has 0 heterocycles. The molecule has 4 aromatic rings. The van der Waals surface area contributed by atoms with Crippen molar-refractivity contribution in [2.45, 2.75) is 24.8 Å². The average Bonchev–Trinajstić information content (AvgIpc) is 3.73. The Balaban J connectivity index is 1.34. The van der Waals surface area contributed by atoms with Gasteiger partial charge in [0.25, 0.3) is 5.91 Å². The fourth-order valence-corrected chi connectivity index (χ4v) is 5.16. The number of hydrogen-bond donors (Lipinski definition) is 1. The predicted molar refractivity (Wildman–Crippen MR) is 146 cm³/mol. The Morgan fingerprint density at radius 2 is 1.16 bits per heavy atom. The topological polar surface area (TPSA) is 72.5 Å². The van der Waals surface area contributed by atoms with Gasteiger partial charge in [0.2, 0.25) is 0 Å². The molecule has 1 N–H and O–H groups in total. The monoisotopic (exact) mass is 503 g/mol. The summed E-state index contributed by atoms with van der Waals surface area (Å²) < 4.78 is 5.17. The van der Waals surface area contributed by atoms with Gasteiger partial charge in [-0.1, -0.05) is 103 Å². The molecule has 0 bridgehead atoms. The summed E-state index contributed by atoms with van der Waals surface area (Å²) in [6, 6.07) is 35.0. The number of carbonyl (C=O) groups is 3. The summed E-state index contributed by atoms with van der Waals surface area (Å²) in [6.45, 7) is 1.94. The summed E-state index contributed by atoms with van der Waals surface area (Å²) in [5.74, 6) is -0.803. The van der Waals surface area contributed by atoms with Gasteiger partial charge < -0.3 is 10.1 Å². The normalized spacial score (nSPS) is 18.7. The smallest absolute Gasteiger partial charge is 0.333 e. The lowest BCUT2D eigenvalue weighted by atomic mass is 10.0. The minimum absolute atomic E-state index is 0.0633. The summed E-state index contributed by atoms with van der Waals surface area (Å²) in [7, 11) is 0. The van der Waals surface area contributed by atoms with Crippen LogP contribution in [0.5, 0.6) is 0 Å². The van der Waals surface area contributed by atoms with Crippen molar-refractivity contribution in [1.82, 2.24) is 5.32 Å². The zero-order valence-corrected chi connectivity index (χ0v) is 21.1. The van der Waals surface area contributed by atoms with Crippen molar-refractivity contribution in [2.24, 2.45) is 5.92 Å². The third kappa shape index (κ3) is 5.28. The van der Waals surface area contributed by atoms with Crippen molar-refractivity contribution >= 4 is 17.7 Å². The Hall–Kier alpha value is -4.51. The van der Waals surface area contributed by atoms with E-state index in [1.807, 2.05) is 42.5 Å². The van der Waals surface area contributed by atoms with Crippen LogP contribution in [0.25, 0.3) is 0 Å². The number of ketones is 1. The fourth-order valence-electron chi connectivity index (χ4n) is 5.16. The molecule has 190 valence electrons. The van der Waals surface area contributed by atoms with Gasteiger partial charge >= 0.3 is 5.97 Å². The number of rotatable bonds is 9. The third-order valence-corrected chi connectivity index (χ3v) is 7.05. The van der Waals surface area contributed by atoms with E-state index in [0.717, 1.165) is 11.1 Å². The fraction of sp³-hybridized carbons (Fsp3) is 0.182. The highest BCUT2D eigenvalue weighted by molar-refractivity contribution is 6.03. The van der Waals surface area contributed by atoms with Crippen LogP contribution in [0.3, 0.4) is 0 Å². The molecular formula is C33H29NO4. The maximum atomic E-state index is 13.6. The maximum Gasteiger partial charge on any atom is 0.333 e. The number of Topliss-reactive ketones (excluding diaryl/α,β-unsaturated/α-hetero) is 1. The number of benzene rings is 4. The molecule has 0 aliphatic heterocycles. The van der Waals surface area contributed by atoms with Crippen LogP contribution in [0.15, 0.2) is 115 Å². The van der Waals surface area contributed by atoms with Crippen LogP contribution in [-0.4, -0.2) is 24.3 Å². The van der Waals surface area contributed by atoms with E-state index in [-0.39, 0.29) is 30.1 Å². The summed E-state index contributed by atoms with van der Waals surface area (Å²) in [5, 5.41) is 2.78. The lowest BCUT2D eigenvalue weighted by Crippen LogP contribution is -2.35. The van der Waals surface area contributed by atoms with Gasteiger partial charge in [0, 0.05) is 28.9 Å². The molecule has 0 spiro atoms. The van der Waals surface area contributed by atoms with Crippen molar-refractivity contribution in [2.75, 3.05) is 6.61 Å². The summed E-state index contributed by atoms with van der Waals surface area (Å²) in [4.78, 5) is 39.2. The zero-order valence-electron chi connectivity index (χ0n) is 21.1. The van der Waals surface area contributed by atoms with Crippen LogP contribution >= 0.6 is 0 Å². The van der Waals surface area contributed by atoms with Gasteiger partial charge in [-0.25, -0.2) is 4.79 Å². The zero-order chi connectivity index (χ0) is 26.5. The van der Waals surface area contributed by atoms with Crippen molar-refractivity contribution in [3.63, 3.8) is 0 Å². The molecule has 5 rings (SSSR count). The van der Waals surface area contributed by atoms with E-state index in [1.165, 1.54) is 0 Å². The minimum atomic E-state index is -0.922. The van der Waals surface area contributed by atoms with Crippen LogP contribution in [0.4, 0.5) is 0 Å². The molecule has 38 heavy (non-hydrogen) atoms. The van der Waals surface area contributed by atoms with Gasteiger partial charge in [0.1, 0.15) is 0 Å². The first kappa shape index (κ1) is 25.2. The number of hydrogen-bond acceptors (Lipinski definition) is 4. The lowest BCUT2D eigenvalue weighted by Gasteiger charge is -2.17. The molecule has 3 atom stereocenters. The van der Waals surface area contributed by atoms with Gasteiger partial charge in [-0.05, 0) is 35.7 Å². The van der Waals surface area contributed by atoms with E-state index < -0.39 is 17.9 Å². The molecule has 1 amide bonds. The molecule has 0 saturated heterocycles. The summed E-state index contributed by atoms with van der Waals surface area (Å²) in [6.07, 6.45) is 0. The maximum absolute atomic E-state index is 13.6. The molecule has 5 nitrogen and oxygen atoms in total. The van der Waals surface area contributed by atoms with E-state index in [1.54, 1.807) is 55.5 Å². The molecule has 0 unspecified atom stereocenters. The van der Waals surface area contributed by atoms with Gasteiger partial charge in [-0.2, -0.15) is 0 Å². The second-order valence-corrected chi connectivity index (χ2v) is 9.41. The second kappa shape index (κ2) is 11.3. The minimum Gasteiger partial charge on any atom is -0.464 e. The highest BCUT2D eigenvalue weighted by Gasteiger charge is 2.55. The SMILES string of the molecule is CCOC(=O)[C@@H](NC(=O)c1ccc(C(=O)C2[C@H](c3ccccc3)[C@H]2c2ccccc2)cc1)c1ccccc1. The van der Waals surface area contributed by atoms with Crippen molar-refractivity contribution in [3.8, 4) is 0 Å². The molecular weight excluding hydrogens is 474 g/mol. The van der Waals surface area contributed by atoms with Gasteiger partial charge in [0.15, 0.2) is 11.8 Å². The van der Waals surface area contributed by atoms with E-state index in [9.17, 15) is 14.4 Å². The summed E-state index contributed by atoms with van der Waals surface area (Å²) in [5.41, 5.74) is 3.87. The number of ether oxygens (including phenoxy) is 1. The van der Waals surface area contributed by atoms with E-state index in [4.69, 9.17) is 4.74 Å². The molecule has 1 aliphatic carbocycles. The first-order valence-electron chi connectivity index (χ1n) is 12.8. The largest absolute Gasteiger partial charge is 0.464 e. The van der Waals surface area contributed by atoms with Crippen LogP contribution in [0.1, 0.15) is 62.2 Å². The number of nitrogens with one attached hydrogen (secondary N) is 1. The number of amides is 1. The molecule has 1 saturated carbocycles. The highest BCUT2D eigenvalue weighted by atomic mass is 16.5. The van der Waals surface area contributed by atoms with Crippen LogP contribution in [0, 0.1) is 5.92 Å². The molecule has 0 aromatic heterocycles. The Bertz CT molecular complexity index is 1360. The van der Waals surface area contributed by atoms with Crippen LogP contribution in [0.2, 0.25) is 0 Å². The van der Waals surface area contributed by atoms with E-state index in [2.05, 4.69) is 29.6 Å². The molecule has 1 aliphatic rings. The van der Waals surface area contributed by atoms with E-state index in [0.29, 0.717) is 16.7 Å². The van der Waals surface area contributed by atoms with Crippen LogP contribution < -0.4 is 5.32 Å². The lowest BCUT2D eigenvalue weighted by molar-refractivity contribution is -0.145. The molecule has 4 aromatic carbocycles. The number of carbonyl (C=O) groups excluding carboxylic acids is 3. The quantitative estimate of drug-likeness (QED) is 0.221. The Labute approximate surface area is 222 Å². The first-order valence-corrected chi connectivity index (χ1v) is 12.8. The standard InChI is InChI=1S/C33H29NO4/c1-2-38-33(37)30(24-16-10-5-11-17-24)34-32(36)26-20-18-25(19-21-26)31(35)29-27(22-12-6-3-7-13-22)28(29)23-14-8-4-9-15-23/h3-21,27-30H,2H2,1H3,(H,34,36)/t27-,28-,30+/m1/s1. The Morgan fingerprint density at radius 3 is 1.66 bits per heavy atom. The number of esters is 1. The van der Waals surface area contributed by atoms with Crippen molar-refractivity contribution in [3.05, 3.63) is 143 Å². The Morgan fingerprint density at radius 1 is 0.684 bits per heavy atom. The average molecular weight is 504 g/mol. The first-order chi connectivity index (χ1) is 18.6. The van der Waals surface area contributed by atoms with Gasteiger partial charge in [-0.3, -0.25) is 9.59 Å². The van der Waals surface area contributed by atoms with Gasteiger partial charge in [0.05, 0.1) is 6.61 Å². The van der Waals surface area contributed by atoms with Crippen LogP contribution in [-0.2, 0) is 9.53 Å². The second-order valence-electron chi connectivity index (χ2n) is 9.41. The highest BCUT2D eigenvalue weighted by Crippen LogP contribution is 2.61.